The number of nitrogens with two attached hydrogens (primary N) is 1. The van der Waals surface area contributed by atoms with Gasteiger partial charge in [-0.1, -0.05) is 6.92 Å². The molecule has 7 heteroatoms. The molecule has 1 aromatic rings. The van der Waals surface area contributed by atoms with Gasteiger partial charge in [0.15, 0.2) is 0 Å². The van der Waals surface area contributed by atoms with Crippen molar-refractivity contribution in [2.24, 2.45) is 11.7 Å². The second-order valence-electron chi connectivity index (χ2n) is 5.89. The first kappa shape index (κ1) is 17.3. The van der Waals surface area contributed by atoms with Gasteiger partial charge in [-0.3, -0.25) is 9.59 Å². The van der Waals surface area contributed by atoms with E-state index in [2.05, 4.69) is 0 Å². The van der Waals surface area contributed by atoms with Crippen molar-refractivity contribution in [2.45, 2.75) is 19.9 Å². The second-order valence-corrected chi connectivity index (χ2v) is 5.89. The molecule has 2 amide bonds. The summed E-state index contributed by atoms with van der Waals surface area (Å²) < 4.78 is 26.6. The summed E-state index contributed by atoms with van der Waals surface area (Å²) in [4.78, 5) is 27.6. The highest BCUT2D eigenvalue weighted by molar-refractivity contribution is 5.94. The molecule has 23 heavy (non-hydrogen) atoms. The Balaban J connectivity index is 1.99. The predicted molar refractivity (Wildman–Crippen MR) is 81.7 cm³/mol. The topological polar surface area (TPSA) is 66.6 Å². The Hall–Kier alpha value is -2.02. The van der Waals surface area contributed by atoms with Gasteiger partial charge in [-0.2, -0.15) is 0 Å². The molecule has 2 atom stereocenters. The van der Waals surface area contributed by atoms with Gasteiger partial charge < -0.3 is 15.5 Å². The molecule has 2 N–H and O–H groups in total. The SMILES string of the molecule is CC(N)C(C)C(=O)N1CCN(C(=O)c2ccc(F)cc2F)CC1. The smallest absolute Gasteiger partial charge is 0.256 e. The van der Waals surface area contributed by atoms with Crippen LogP contribution in [0, 0.1) is 17.6 Å². The number of carbonyl (C=O) groups excluding carboxylic acids is 2. The summed E-state index contributed by atoms with van der Waals surface area (Å²) in [5.41, 5.74) is 5.58. The fourth-order valence-electron chi connectivity index (χ4n) is 2.48. The third-order valence-electron chi connectivity index (χ3n) is 4.22. The van der Waals surface area contributed by atoms with Crippen LogP contribution in [0.1, 0.15) is 24.2 Å². The minimum absolute atomic E-state index is 0.0416. The van der Waals surface area contributed by atoms with Crippen molar-refractivity contribution in [2.75, 3.05) is 26.2 Å². The molecule has 126 valence electrons. The van der Waals surface area contributed by atoms with Gasteiger partial charge in [0.1, 0.15) is 11.6 Å². The molecule has 1 saturated heterocycles. The lowest BCUT2D eigenvalue weighted by Crippen LogP contribution is -2.53. The molecule has 1 aromatic carbocycles. The van der Waals surface area contributed by atoms with Crippen LogP contribution in [0.25, 0.3) is 0 Å². The molecule has 5 nitrogen and oxygen atoms in total. The summed E-state index contributed by atoms with van der Waals surface area (Å²) in [6.07, 6.45) is 0. The number of halogens is 2. The van der Waals surface area contributed by atoms with Crippen molar-refractivity contribution in [1.29, 1.82) is 0 Å². The minimum Gasteiger partial charge on any atom is -0.339 e. The maximum atomic E-state index is 13.7. The van der Waals surface area contributed by atoms with Crippen LogP contribution in [0.15, 0.2) is 18.2 Å². The van der Waals surface area contributed by atoms with Crippen molar-refractivity contribution in [3.8, 4) is 0 Å². The van der Waals surface area contributed by atoms with E-state index in [1.165, 1.54) is 4.90 Å². The largest absolute Gasteiger partial charge is 0.339 e. The molecule has 0 aromatic heterocycles. The maximum absolute atomic E-state index is 13.7. The molecule has 1 fully saturated rings. The quantitative estimate of drug-likeness (QED) is 0.909. The fourth-order valence-corrected chi connectivity index (χ4v) is 2.48. The molecule has 0 saturated carbocycles. The maximum Gasteiger partial charge on any atom is 0.256 e. The summed E-state index contributed by atoms with van der Waals surface area (Å²) in [6, 6.07) is 2.65. The Morgan fingerprint density at radius 2 is 1.65 bits per heavy atom. The number of benzene rings is 1. The highest BCUT2D eigenvalue weighted by Gasteiger charge is 2.29. The van der Waals surface area contributed by atoms with E-state index >= 15 is 0 Å². The van der Waals surface area contributed by atoms with Crippen LogP contribution < -0.4 is 5.73 Å². The average Bonchev–Trinajstić information content (AvgIpc) is 2.53. The molecular formula is C16H21F2N3O2. The number of hydrogen-bond donors (Lipinski definition) is 1. The van der Waals surface area contributed by atoms with Crippen molar-refractivity contribution < 1.29 is 18.4 Å². The third-order valence-corrected chi connectivity index (χ3v) is 4.22. The van der Waals surface area contributed by atoms with Crippen molar-refractivity contribution in [1.82, 2.24) is 9.80 Å². The van der Waals surface area contributed by atoms with E-state index in [1.54, 1.807) is 18.7 Å². The zero-order valence-electron chi connectivity index (χ0n) is 13.3. The average molecular weight is 325 g/mol. The van der Waals surface area contributed by atoms with E-state index in [0.29, 0.717) is 32.2 Å². The lowest BCUT2D eigenvalue weighted by molar-refractivity contribution is -0.137. The first-order valence-corrected chi connectivity index (χ1v) is 7.60. The molecule has 1 heterocycles. The van der Waals surface area contributed by atoms with Crippen LogP contribution in [0.3, 0.4) is 0 Å². The molecule has 2 unspecified atom stereocenters. The molecule has 1 aliphatic rings. The highest BCUT2D eigenvalue weighted by Crippen LogP contribution is 2.15. The number of piperazine rings is 1. The van der Waals surface area contributed by atoms with E-state index in [4.69, 9.17) is 5.73 Å². The van der Waals surface area contributed by atoms with E-state index in [1.807, 2.05) is 0 Å². The van der Waals surface area contributed by atoms with Crippen molar-refractivity contribution >= 4 is 11.8 Å². The van der Waals surface area contributed by atoms with Gasteiger partial charge in [0.25, 0.3) is 5.91 Å². The number of hydrogen-bond acceptors (Lipinski definition) is 3. The van der Waals surface area contributed by atoms with E-state index in [9.17, 15) is 18.4 Å². The monoisotopic (exact) mass is 325 g/mol. The summed E-state index contributed by atoms with van der Waals surface area (Å²) >= 11 is 0. The first-order chi connectivity index (χ1) is 10.8. The summed E-state index contributed by atoms with van der Waals surface area (Å²) in [5, 5.41) is 0. The molecular weight excluding hydrogens is 304 g/mol. The zero-order chi connectivity index (χ0) is 17.1. The predicted octanol–water partition coefficient (Wildman–Crippen LogP) is 1.23. The van der Waals surface area contributed by atoms with Crippen LogP contribution in [-0.2, 0) is 4.79 Å². The second kappa shape index (κ2) is 7.04. The van der Waals surface area contributed by atoms with Crippen molar-refractivity contribution in [3.63, 3.8) is 0 Å². The molecule has 0 radical (unpaired) electrons. The van der Waals surface area contributed by atoms with Crippen LogP contribution >= 0.6 is 0 Å². The Labute approximate surface area is 134 Å². The molecule has 1 aliphatic heterocycles. The van der Waals surface area contributed by atoms with Crippen LogP contribution in [0.4, 0.5) is 8.78 Å². The fraction of sp³-hybridized carbons (Fsp3) is 0.500. The molecule has 0 bridgehead atoms. The van der Waals surface area contributed by atoms with Gasteiger partial charge in [0.2, 0.25) is 5.91 Å². The normalized spacial score (nSPS) is 17.8. The van der Waals surface area contributed by atoms with E-state index in [-0.39, 0.29) is 23.4 Å². The third kappa shape index (κ3) is 3.85. The molecule has 2 rings (SSSR count). The van der Waals surface area contributed by atoms with E-state index < -0.39 is 17.5 Å². The Morgan fingerprint density at radius 1 is 1.09 bits per heavy atom. The van der Waals surface area contributed by atoms with Gasteiger partial charge in [-0.15, -0.1) is 0 Å². The Bertz CT molecular complexity index is 599. The Morgan fingerprint density at radius 3 is 2.17 bits per heavy atom. The van der Waals surface area contributed by atoms with Crippen molar-refractivity contribution in [3.05, 3.63) is 35.4 Å². The summed E-state index contributed by atoms with van der Waals surface area (Å²) in [5.74, 6) is -2.42. The lowest BCUT2D eigenvalue weighted by Gasteiger charge is -2.36. The lowest BCUT2D eigenvalue weighted by atomic mass is 10.0. The number of rotatable bonds is 3. The molecule has 0 spiro atoms. The molecule has 0 aliphatic carbocycles. The van der Waals surface area contributed by atoms with Crippen LogP contribution in [-0.4, -0.2) is 53.8 Å². The van der Waals surface area contributed by atoms with Gasteiger partial charge in [-0.05, 0) is 19.1 Å². The Kier molecular flexibility index (Phi) is 5.30. The van der Waals surface area contributed by atoms with E-state index in [0.717, 1.165) is 12.1 Å². The van der Waals surface area contributed by atoms with Gasteiger partial charge in [0, 0.05) is 38.3 Å². The minimum atomic E-state index is -0.876. The number of carbonyl (C=O) groups is 2. The highest BCUT2D eigenvalue weighted by atomic mass is 19.1. The van der Waals surface area contributed by atoms with Gasteiger partial charge in [0.05, 0.1) is 11.5 Å². The van der Waals surface area contributed by atoms with Crippen LogP contribution in [0.2, 0.25) is 0 Å². The number of nitrogens with zero attached hydrogens (tertiary/aromatic N) is 2. The van der Waals surface area contributed by atoms with Gasteiger partial charge in [-0.25, -0.2) is 8.78 Å². The summed E-state index contributed by atoms with van der Waals surface area (Å²) in [7, 11) is 0. The standard InChI is InChI=1S/C16H21F2N3O2/c1-10(11(2)19)15(22)20-5-7-21(8-6-20)16(23)13-4-3-12(17)9-14(13)18/h3-4,9-11H,5-8,19H2,1-2H3. The first-order valence-electron chi connectivity index (χ1n) is 7.60. The zero-order valence-corrected chi connectivity index (χ0v) is 13.3. The van der Waals surface area contributed by atoms with Gasteiger partial charge >= 0.3 is 0 Å². The summed E-state index contributed by atoms with van der Waals surface area (Å²) in [6.45, 7) is 4.94. The number of amides is 2. The van der Waals surface area contributed by atoms with Crippen LogP contribution in [0.5, 0.6) is 0 Å².